The van der Waals surface area contributed by atoms with Gasteiger partial charge in [-0.05, 0) is 38.0 Å². The molecule has 1 aliphatic rings. The maximum Gasteiger partial charge on any atom is 0.335 e. The van der Waals surface area contributed by atoms with Crippen molar-refractivity contribution in [2.24, 2.45) is 5.41 Å². The molecule has 0 saturated heterocycles. The molecule has 1 saturated carbocycles. The molecule has 20 heavy (non-hydrogen) atoms. The molecule has 0 bridgehead atoms. The Bertz CT molecular complexity index is 559. The fourth-order valence-electron chi connectivity index (χ4n) is 2.48. The summed E-state index contributed by atoms with van der Waals surface area (Å²) < 4.78 is 0. The van der Waals surface area contributed by atoms with Crippen molar-refractivity contribution in [1.29, 1.82) is 5.26 Å². The van der Waals surface area contributed by atoms with Gasteiger partial charge in [0.05, 0.1) is 23.0 Å². The first-order valence-corrected chi connectivity index (χ1v) is 6.76. The number of nitrogens with two attached hydrogens (primary N) is 1. The molecule has 1 fully saturated rings. The highest BCUT2D eigenvalue weighted by Crippen LogP contribution is 2.49. The van der Waals surface area contributed by atoms with E-state index in [1.165, 1.54) is 6.07 Å². The van der Waals surface area contributed by atoms with Crippen molar-refractivity contribution in [3.63, 3.8) is 0 Å². The predicted molar refractivity (Wildman–Crippen MR) is 77.6 cm³/mol. The van der Waals surface area contributed by atoms with E-state index in [1.807, 2.05) is 6.92 Å². The van der Waals surface area contributed by atoms with Crippen LogP contribution in [-0.2, 0) is 0 Å². The van der Waals surface area contributed by atoms with Crippen molar-refractivity contribution in [2.75, 3.05) is 23.7 Å². The predicted octanol–water partition coefficient (Wildman–Crippen LogP) is 2.49. The molecule has 0 heterocycles. The largest absolute Gasteiger partial charge is 0.478 e. The molecule has 0 aliphatic heterocycles. The molecule has 106 valence electrons. The van der Waals surface area contributed by atoms with E-state index in [1.54, 1.807) is 12.1 Å². The maximum absolute atomic E-state index is 10.9. The number of hydrogen-bond donors (Lipinski definition) is 2. The van der Waals surface area contributed by atoms with Gasteiger partial charge >= 0.3 is 5.97 Å². The number of nitrogen functional groups attached to an aromatic ring is 1. The monoisotopic (exact) mass is 273 g/mol. The average molecular weight is 273 g/mol. The molecule has 3 N–H and O–H groups in total. The van der Waals surface area contributed by atoms with Gasteiger partial charge in [-0.2, -0.15) is 5.26 Å². The Morgan fingerprint density at radius 1 is 1.55 bits per heavy atom. The minimum Gasteiger partial charge on any atom is -0.478 e. The van der Waals surface area contributed by atoms with Gasteiger partial charge in [-0.15, -0.1) is 0 Å². The topological polar surface area (TPSA) is 90.3 Å². The molecule has 2 rings (SSSR count). The van der Waals surface area contributed by atoms with E-state index in [-0.39, 0.29) is 11.0 Å². The highest BCUT2D eigenvalue weighted by molar-refractivity contribution is 5.90. The van der Waals surface area contributed by atoms with Crippen molar-refractivity contribution in [1.82, 2.24) is 0 Å². The lowest BCUT2D eigenvalue weighted by atomic mass is 10.0. The Labute approximate surface area is 118 Å². The first-order valence-electron chi connectivity index (χ1n) is 6.76. The number of carboxylic acids is 1. The third kappa shape index (κ3) is 2.85. The second-order valence-electron chi connectivity index (χ2n) is 5.43. The second kappa shape index (κ2) is 5.41. The summed E-state index contributed by atoms with van der Waals surface area (Å²) in [5.41, 5.74) is 7.59. The number of hydrogen-bond acceptors (Lipinski definition) is 4. The van der Waals surface area contributed by atoms with Gasteiger partial charge in [-0.3, -0.25) is 0 Å². The summed E-state index contributed by atoms with van der Waals surface area (Å²) in [5.74, 6) is -0.977. The molecule has 0 unspecified atom stereocenters. The summed E-state index contributed by atoms with van der Waals surface area (Å²) in [6.07, 6.45) is 2.71. The molecule has 5 nitrogen and oxygen atoms in total. The van der Waals surface area contributed by atoms with Crippen LogP contribution in [-0.4, -0.2) is 24.2 Å². The number of nitriles is 1. The maximum atomic E-state index is 10.9. The van der Waals surface area contributed by atoms with Gasteiger partial charge in [0.2, 0.25) is 0 Å². The molecule has 0 atom stereocenters. The number of nitrogens with zero attached hydrogens (tertiary/aromatic N) is 2. The van der Waals surface area contributed by atoms with Gasteiger partial charge in [-0.25, -0.2) is 4.79 Å². The van der Waals surface area contributed by atoms with Crippen LogP contribution in [0.25, 0.3) is 0 Å². The second-order valence-corrected chi connectivity index (χ2v) is 5.43. The number of carbonyl (C=O) groups is 1. The van der Waals surface area contributed by atoms with Crippen molar-refractivity contribution in [2.45, 2.75) is 26.2 Å². The molecule has 1 aliphatic carbocycles. The molecule has 0 radical (unpaired) electrons. The summed E-state index contributed by atoms with van der Waals surface area (Å²) in [6.45, 7) is 3.62. The fourth-order valence-corrected chi connectivity index (χ4v) is 2.48. The van der Waals surface area contributed by atoms with Crippen LogP contribution in [0, 0.1) is 16.7 Å². The van der Waals surface area contributed by atoms with Gasteiger partial charge in [0.1, 0.15) is 0 Å². The highest BCUT2D eigenvalue weighted by Gasteiger charge is 2.43. The Kier molecular flexibility index (Phi) is 3.84. The van der Waals surface area contributed by atoms with Gasteiger partial charge in [-0.1, -0.05) is 0 Å². The van der Waals surface area contributed by atoms with Crippen LogP contribution < -0.4 is 10.6 Å². The van der Waals surface area contributed by atoms with Crippen LogP contribution in [0.2, 0.25) is 0 Å². The van der Waals surface area contributed by atoms with E-state index in [0.29, 0.717) is 12.1 Å². The Morgan fingerprint density at radius 3 is 2.70 bits per heavy atom. The zero-order chi connectivity index (χ0) is 14.8. The van der Waals surface area contributed by atoms with E-state index in [0.717, 1.165) is 31.6 Å². The first-order chi connectivity index (χ1) is 9.51. The molecule has 0 spiro atoms. The number of carboxylic acid groups (broad SMARTS) is 1. The number of benzene rings is 1. The van der Waals surface area contributed by atoms with Crippen LogP contribution in [0.4, 0.5) is 11.4 Å². The van der Waals surface area contributed by atoms with E-state index >= 15 is 0 Å². The minimum absolute atomic E-state index is 0.0999. The van der Waals surface area contributed by atoms with Gasteiger partial charge in [0.15, 0.2) is 0 Å². The lowest BCUT2D eigenvalue weighted by molar-refractivity contribution is 0.0697. The van der Waals surface area contributed by atoms with Crippen molar-refractivity contribution >= 4 is 17.3 Å². The standard InChI is InChI=1S/C15H19N3O2/c1-2-18(10-15(5-6-15)7-8-16)13-4-3-11(14(19)20)9-12(13)17/h3-4,9H,2,5-7,10,17H2,1H3,(H,19,20). The van der Waals surface area contributed by atoms with Gasteiger partial charge in [0.25, 0.3) is 0 Å². The summed E-state index contributed by atoms with van der Waals surface area (Å²) in [5, 5.41) is 17.8. The average Bonchev–Trinajstić information content (AvgIpc) is 3.16. The van der Waals surface area contributed by atoms with E-state index in [2.05, 4.69) is 11.0 Å². The summed E-state index contributed by atoms with van der Waals surface area (Å²) in [7, 11) is 0. The van der Waals surface area contributed by atoms with Crippen LogP contribution >= 0.6 is 0 Å². The van der Waals surface area contributed by atoms with Crippen LogP contribution in [0.5, 0.6) is 0 Å². The lowest BCUT2D eigenvalue weighted by Crippen LogP contribution is -2.31. The van der Waals surface area contributed by atoms with Gasteiger partial charge < -0.3 is 15.7 Å². The Hall–Kier alpha value is -2.22. The number of aromatic carboxylic acids is 1. The van der Waals surface area contributed by atoms with E-state index in [9.17, 15) is 4.79 Å². The normalized spacial score (nSPS) is 15.4. The molecule has 0 amide bonds. The third-order valence-corrected chi connectivity index (χ3v) is 3.93. The highest BCUT2D eigenvalue weighted by atomic mass is 16.4. The Morgan fingerprint density at radius 2 is 2.25 bits per heavy atom. The molecule has 1 aromatic rings. The quantitative estimate of drug-likeness (QED) is 0.777. The van der Waals surface area contributed by atoms with Crippen LogP contribution in [0.3, 0.4) is 0 Å². The zero-order valence-electron chi connectivity index (χ0n) is 11.6. The van der Waals surface area contributed by atoms with E-state index < -0.39 is 5.97 Å². The summed E-state index contributed by atoms with van der Waals surface area (Å²) in [6, 6.07) is 7.07. The fraction of sp³-hybridized carbons (Fsp3) is 0.467. The molecular weight excluding hydrogens is 254 g/mol. The SMILES string of the molecule is CCN(CC1(CC#N)CC1)c1ccc(C(=O)O)cc1N. The smallest absolute Gasteiger partial charge is 0.335 e. The van der Waals surface area contributed by atoms with Crippen molar-refractivity contribution in [3.8, 4) is 6.07 Å². The van der Waals surface area contributed by atoms with Crippen LogP contribution in [0.15, 0.2) is 18.2 Å². The van der Waals surface area contributed by atoms with Crippen LogP contribution in [0.1, 0.15) is 36.5 Å². The van der Waals surface area contributed by atoms with Crippen molar-refractivity contribution < 1.29 is 9.90 Å². The molecule has 1 aromatic carbocycles. The molecule has 0 aromatic heterocycles. The Balaban J connectivity index is 2.20. The molecule has 5 heteroatoms. The molecular formula is C15H19N3O2. The third-order valence-electron chi connectivity index (χ3n) is 3.93. The lowest BCUT2D eigenvalue weighted by Gasteiger charge is -2.28. The first kappa shape index (κ1) is 14.2. The number of rotatable bonds is 6. The zero-order valence-corrected chi connectivity index (χ0v) is 11.6. The van der Waals surface area contributed by atoms with E-state index in [4.69, 9.17) is 16.1 Å². The minimum atomic E-state index is -0.977. The van der Waals surface area contributed by atoms with Gasteiger partial charge in [0, 0.05) is 24.9 Å². The summed E-state index contributed by atoms with van der Waals surface area (Å²) >= 11 is 0. The summed E-state index contributed by atoms with van der Waals surface area (Å²) in [4.78, 5) is 13.1. The number of anilines is 2. The van der Waals surface area contributed by atoms with Crippen molar-refractivity contribution in [3.05, 3.63) is 23.8 Å².